The highest BCUT2D eigenvalue weighted by Crippen LogP contribution is 2.25. The van der Waals surface area contributed by atoms with Crippen LogP contribution in [0.2, 0.25) is 0 Å². The summed E-state index contributed by atoms with van der Waals surface area (Å²) in [4.78, 5) is 12.3. The van der Waals surface area contributed by atoms with E-state index in [2.05, 4.69) is 10.4 Å². The summed E-state index contributed by atoms with van der Waals surface area (Å²) in [7, 11) is 1.21. The number of ether oxygens (including phenoxy) is 2. The van der Waals surface area contributed by atoms with E-state index in [-0.39, 0.29) is 23.7 Å². The van der Waals surface area contributed by atoms with Crippen LogP contribution in [0.15, 0.2) is 24.4 Å². The number of fused-ring (bicyclic) bond motifs is 1. The lowest BCUT2D eigenvalue weighted by Gasteiger charge is -2.28. The zero-order valence-electron chi connectivity index (χ0n) is 16.1. The van der Waals surface area contributed by atoms with E-state index in [9.17, 15) is 13.2 Å². The molecule has 0 saturated heterocycles. The highest BCUT2D eigenvalue weighted by molar-refractivity contribution is 7.89. The monoisotopic (exact) mass is 408 g/mol. The third-order valence-electron chi connectivity index (χ3n) is 4.66. The number of hydrogen-bond acceptors (Lipinski definition) is 6. The van der Waals surface area contributed by atoms with Crippen LogP contribution >= 0.6 is 0 Å². The third-order valence-corrected chi connectivity index (χ3v) is 6.48. The number of aromatic nitrogens is 2. The van der Waals surface area contributed by atoms with E-state index < -0.39 is 15.9 Å². The van der Waals surface area contributed by atoms with E-state index in [0.717, 1.165) is 16.9 Å². The number of methoxy groups -OCH3 is 2. The van der Waals surface area contributed by atoms with Crippen molar-refractivity contribution < 1.29 is 22.7 Å². The van der Waals surface area contributed by atoms with Crippen LogP contribution in [-0.2, 0) is 30.0 Å². The number of sulfonamides is 1. The molecule has 1 N–H and O–H groups in total. The summed E-state index contributed by atoms with van der Waals surface area (Å²) in [6.45, 7) is 0.740. The van der Waals surface area contributed by atoms with Gasteiger partial charge in [0.2, 0.25) is 15.9 Å². The third kappa shape index (κ3) is 4.28. The van der Waals surface area contributed by atoms with Crippen LogP contribution in [0.25, 0.3) is 0 Å². The molecule has 0 aliphatic carbocycles. The first kappa shape index (κ1) is 20.2. The lowest BCUT2D eigenvalue weighted by atomic mass is 10.0. The molecule has 1 amide bonds. The minimum atomic E-state index is -3.49. The average molecular weight is 408 g/mol. The predicted octanol–water partition coefficient (Wildman–Crippen LogP) is 0.555. The Morgan fingerprint density at radius 2 is 2.04 bits per heavy atom. The van der Waals surface area contributed by atoms with E-state index in [1.165, 1.54) is 22.3 Å². The van der Waals surface area contributed by atoms with Gasteiger partial charge in [-0.05, 0) is 29.7 Å². The topological polar surface area (TPSA) is 103 Å². The summed E-state index contributed by atoms with van der Waals surface area (Å²) >= 11 is 0. The molecule has 1 aromatic heterocycles. The Bertz CT molecular complexity index is 970. The number of nitrogens with zero attached hydrogens (tertiary/aromatic N) is 3. The number of benzene rings is 1. The molecule has 0 spiro atoms. The standard InChI is InChI=1S/C18H24N4O5S/c1-21-12-16(18(20-21)27-3)17(23)19-7-9-28(24,25)22-8-6-13-10-15(26-2)5-4-14(13)11-22/h4-5,10,12H,6-9,11H2,1-3H3,(H,19,23). The second-order valence-corrected chi connectivity index (χ2v) is 8.60. The molecular formula is C18H24N4O5S. The van der Waals surface area contributed by atoms with Gasteiger partial charge in [0.15, 0.2) is 0 Å². The summed E-state index contributed by atoms with van der Waals surface area (Å²) < 4.78 is 38.5. The molecule has 152 valence electrons. The maximum atomic E-state index is 12.7. The largest absolute Gasteiger partial charge is 0.497 e. The fraction of sp³-hybridized carbons (Fsp3) is 0.444. The molecule has 0 saturated carbocycles. The van der Waals surface area contributed by atoms with Gasteiger partial charge in [-0.15, -0.1) is 5.10 Å². The van der Waals surface area contributed by atoms with Crippen LogP contribution in [0, 0.1) is 0 Å². The summed E-state index contributed by atoms with van der Waals surface area (Å²) in [5.41, 5.74) is 2.34. The Morgan fingerprint density at radius 1 is 1.25 bits per heavy atom. The van der Waals surface area contributed by atoms with Crippen molar-refractivity contribution in [1.82, 2.24) is 19.4 Å². The summed E-state index contributed by atoms with van der Waals surface area (Å²) in [5.74, 6) is 0.373. The Morgan fingerprint density at radius 3 is 2.75 bits per heavy atom. The normalized spacial score (nSPS) is 14.4. The van der Waals surface area contributed by atoms with Crippen LogP contribution in [0.5, 0.6) is 11.6 Å². The predicted molar refractivity (Wildman–Crippen MR) is 103 cm³/mol. The van der Waals surface area contributed by atoms with Crippen molar-refractivity contribution in [3.63, 3.8) is 0 Å². The summed E-state index contributed by atoms with van der Waals surface area (Å²) in [6.07, 6.45) is 2.16. The van der Waals surface area contributed by atoms with E-state index >= 15 is 0 Å². The summed E-state index contributed by atoms with van der Waals surface area (Å²) in [5, 5.41) is 6.63. The van der Waals surface area contributed by atoms with Crippen LogP contribution in [0.3, 0.4) is 0 Å². The van der Waals surface area contributed by atoms with Crippen LogP contribution in [0.4, 0.5) is 0 Å². The van der Waals surface area contributed by atoms with Gasteiger partial charge < -0.3 is 14.8 Å². The molecule has 0 radical (unpaired) electrons. The first-order valence-electron chi connectivity index (χ1n) is 8.83. The maximum Gasteiger partial charge on any atom is 0.258 e. The highest BCUT2D eigenvalue weighted by atomic mass is 32.2. The van der Waals surface area contributed by atoms with Crippen molar-refractivity contribution >= 4 is 15.9 Å². The number of aryl methyl sites for hydroxylation is 1. The van der Waals surface area contributed by atoms with Gasteiger partial charge in [0.25, 0.3) is 5.91 Å². The number of nitrogens with one attached hydrogen (secondary N) is 1. The van der Waals surface area contributed by atoms with Crippen molar-refractivity contribution in [3.8, 4) is 11.6 Å². The molecule has 28 heavy (non-hydrogen) atoms. The van der Waals surface area contributed by atoms with Gasteiger partial charge >= 0.3 is 0 Å². The van der Waals surface area contributed by atoms with Crippen molar-refractivity contribution in [2.45, 2.75) is 13.0 Å². The van der Waals surface area contributed by atoms with E-state index in [0.29, 0.717) is 19.5 Å². The van der Waals surface area contributed by atoms with Gasteiger partial charge in [-0.2, -0.15) is 4.31 Å². The molecule has 0 atom stereocenters. The van der Waals surface area contributed by atoms with Crippen LogP contribution in [-0.4, -0.2) is 61.5 Å². The number of carbonyl (C=O) groups is 1. The minimum absolute atomic E-state index is 0.00514. The van der Waals surface area contributed by atoms with Gasteiger partial charge in [-0.1, -0.05) is 6.07 Å². The first-order valence-corrected chi connectivity index (χ1v) is 10.4. The Balaban J connectivity index is 1.59. The number of amides is 1. The van der Waals surface area contributed by atoms with Gasteiger partial charge in [0.05, 0.1) is 20.0 Å². The molecule has 1 aliphatic rings. The fourth-order valence-electron chi connectivity index (χ4n) is 3.16. The summed E-state index contributed by atoms with van der Waals surface area (Å²) in [6, 6.07) is 5.67. The first-order chi connectivity index (χ1) is 13.3. The quantitative estimate of drug-likeness (QED) is 0.718. The molecule has 1 aliphatic heterocycles. The van der Waals surface area contributed by atoms with Gasteiger partial charge in [-0.25, -0.2) is 8.42 Å². The average Bonchev–Trinajstić information content (AvgIpc) is 3.07. The molecule has 2 aromatic rings. The molecule has 9 nitrogen and oxygen atoms in total. The molecule has 3 rings (SSSR count). The zero-order valence-corrected chi connectivity index (χ0v) is 17.0. The number of hydrogen-bond donors (Lipinski definition) is 1. The lowest BCUT2D eigenvalue weighted by Crippen LogP contribution is -2.40. The maximum absolute atomic E-state index is 12.7. The molecule has 0 bridgehead atoms. The SMILES string of the molecule is COc1ccc2c(c1)CCN(S(=O)(=O)CCNC(=O)c1cn(C)nc1OC)C2. The van der Waals surface area contributed by atoms with Gasteiger partial charge in [0.1, 0.15) is 11.3 Å². The molecule has 10 heteroatoms. The van der Waals surface area contributed by atoms with Crippen molar-refractivity contribution in [3.05, 3.63) is 41.1 Å². The smallest absolute Gasteiger partial charge is 0.258 e. The Hall–Kier alpha value is -2.59. The second-order valence-electron chi connectivity index (χ2n) is 6.52. The molecule has 0 fully saturated rings. The Labute approximate surface area is 164 Å². The molecule has 0 unspecified atom stereocenters. The fourth-order valence-corrected chi connectivity index (χ4v) is 4.48. The van der Waals surface area contributed by atoms with Crippen molar-refractivity contribution in [2.24, 2.45) is 7.05 Å². The van der Waals surface area contributed by atoms with Gasteiger partial charge in [-0.3, -0.25) is 9.48 Å². The molecule has 1 aromatic carbocycles. The molecular weight excluding hydrogens is 384 g/mol. The molecule has 2 heterocycles. The van der Waals surface area contributed by atoms with Crippen LogP contribution in [0.1, 0.15) is 21.5 Å². The highest BCUT2D eigenvalue weighted by Gasteiger charge is 2.27. The van der Waals surface area contributed by atoms with Crippen molar-refractivity contribution in [1.29, 1.82) is 0 Å². The number of rotatable bonds is 7. The lowest BCUT2D eigenvalue weighted by molar-refractivity contribution is 0.0953. The zero-order chi connectivity index (χ0) is 20.3. The minimum Gasteiger partial charge on any atom is -0.497 e. The Kier molecular flexibility index (Phi) is 5.90. The van der Waals surface area contributed by atoms with E-state index in [1.807, 2.05) is 18.2 Å². The van der Waals surface area contributed by atoms with Gasteiger partial charge in [0, 0.05) is 32.9 Å². The van der Waals surface area contributed by atoms with Crippen LogP contribution < -0.4 is 14.8 Å². The second kappa shape index (κ2) is 8.19. The van der Waals surface area contributed by atoms with E-state index in [1.54, 1.807) is 14.2 Å². The van der Waals surface area contributed by atoms with Crippen molar-refractivity contribution in [2.75, 3.05) is 33.1 Å². The van der Waals surface area contributed by atoms with E-state index in [4.69, 9.17) is 9.47 Å². The number of carbonyl (C=O) groups excluding carboxylic acids is 1.